The Kier molecular flexibility index (Phi) is 7.27. The molecule has 4 aliphatic heterocycles. The number of β-lactam (4-membered cyclic amide) rings is 1. The van der Waals surface area contributed by atoms with Gasteiger partial charge in [0.05, 0.1) is 24.1 Å². The second-order valence-corrected chi connectivity index (χ2v) is 10.1. The standard InChI is InChI=1S/C20H30N4O5S.ClH/c1-10-15-14(11(2)25)19(27)24(15)16(20(28)29)17(10)30-12-8-13(22(3)9-12)18(26)23-6-4-21-5-7-23;/h10-15,21,25H,4-9H2,1-3H3,(H,28,29);1H/t10-,11?,12+,13+,14-,15-;/m1./s1. The fraction of sp³-hybridized carbons (Fsp3) is 0.750. The van der Waals surface area contributed by atoms with Gasteiger partial charge in [0, 0.05) is 48.8 Å². The maximum Gasteiger partial charge on any atom is 0.353 e. The highest BCUT2D eigenvalue weighted by molar-refractivity contribution is 8.03. The highest BCUT2D eigenvalue weighted by Gasteiger charge is 2.60. The molecule has 0 aliphatic carbocycles. The molecule has 11 heteroatoms. The van der Waals surface area contributed by atoms with Gasteiger partial charge < -0.3 is 25.3 Å². The van der Waals surface area contributed by atoms with E-state index in [2.05, 4.69) is 10.2 Å². The van der Waals surface area contributed by atoms with Gasteiger partial charge in [-0.3, -0.25) is 14.5 Å². The minimum atomic E-state index is -1.11. The molecule has 1 unspecified atom stereocenters. The Labute approximate surface area is 192 Å². The second kappa shape index (κ2) is 9.27. The van der Waals surface area contributed by atoms with Crippen LogP contribution in [0.25, 0.3) is 0 Å². The first-order valence-corrected chi connectivity index (χ1v) is 11.4. The second-order valence-electron chi connectivity index (χ2n) is 8.78. The van der Waals surface area contributed by atoms with Gasteiger partial charge in [-0.05, 0) is 20.4 Å². The molecule has 9 nitrogen and oxygen atoms in total. The average molecular weight is 475 g/mol. The van der Waals surface area contributed by atoms with Crippen LogP contribution in [-0.2, 0) is 14.4 Å². The number of carbonyl (C=O) groups is 3. The zero-order valence-electron chi connectivity index (χ0n) is 18.0. The summed E-state index contributed by atoms with van der Waals surface area (Å²) in [5.74, 6) is -1.98. The van der Waals surface area contributed by atoms with E-state index in [4.69, 9.17) is 0 Å². The molecule has 0 radical (unpaired) electrons. The fourth-order valence-electron chi connectivity index (χ4n) is 5.28. The minimum Gasteiger partial charge on any atom is -0.477 e. The van der Waals surface area contributed by atoms with Gasteiger partial charge in [0.25, 0.3) is 0 Å². The van der Waals surface area contributed by atoms with Gasteiger partial charge >= 0.3 is 5.97 Å². The SMILES string of the molecule is CC(O)[C@H]1C(=O)N2C(C(=O)O)=C(S[C@H]3C[C@@H](C(=O)N4CCNCC4)N(C)C3)[C@H](C)[C@H]12.Cl. The number of aliphatic carboxylic acids is 1. The third-order valence-corrected chi connectivity index (χ3v) is 8.32. The first-order valence-electron chi connectivity index (χ1n) is 10.6. The van der Waals surface area contributed by atoms with Crippen molar-refractivity contribution < 1.29 is 24.6 Å². The summed E-state index contributed by atoms with van der Waals surface area (Å²) in [6.45, 7) is 7.24. The lowest BCUT2D eigenvalue weighted by Crippen LogP contribution is -2.63. The third kappa shape index (κ3) is 4.08. The minimum absolute atomic E-state index is 0. The number of rotatable bonds is 5. The highest BCUT2D eigenvalue weighted by atomic mass is 35.5. The van der Waals surface area contributed by atoms with E-state index in [1.165, 1.54) is 16.7 Å². The van der Waals surface area contributed by atoms with E-state index in [9.17, 15) is 24.6 Å². The highest BCUT2D eigenvalue weighted by Crippen LogP contribution is 2.52. The molecule has 3 N–H and O–H groups in total. The summed E-state index contributed by atoms with van der Waals surface area (Å²) in [6.07, 6.45) is -0.148. The topological polar surface area (TPSA) is 113 Å². The number of aliphatic hydroxyl groups excluding tert-OH is 1. The maximum absolute atomic E-state index is 13.0. The number of carboxylic acid groups (broad SMARTS) is 1. The molecule has 6 atom stereocenters. The predicted molar refractivity (Wildman–Crippen MR) is 119 cm³/mol. The Balaban J connectivity index is 0.00000272. The number of hydrogen-bond donors (Lipinski definition) is 3. The maximum atomic E-state index is 13.0. The summed E-state index contributed by atoms with van der Waals surface area (Å²) in [7, 11) is 1.94. The van der Waals surface area contributed by atoms with Gasteiger partial charge in [0.1, 0.15) is 5.70 Å². The Hall–Kier alpha value is -1.33. The zero-order chi connectivity index (χ0) is 21.7. The molecule has 174 valence electrons. The van der Waals surface area contributed by atoms with Gasteiger partial charge in [-0.2, -0.15) is 0 Å². The van der Waals surface area contributed by atoms with Gasteiger partial charge in [-0.25, -0.2) is 4.79 Å². The van der Waals surface area contributed by atoms with Crippen molar-refractivity contribution in [1.29, 1.82) is 0 Å². The molecule has 4 aliphatic rings. The summed E-state index contributed by atoms with van der Waals surface area (Å²) >= 11 is 1.49. The molecule has 4 heterocycles. The van der Waals surface area contributed by atoms with Crippen molar-refractivity contribution in [3.8, 4) is 0 Å². The molecule has 0 aromatic heterocycles. The number of hydrogen-bond acceptors (Lipinski definition) is 7. The molecule has 2 amide bonds. The lowest BCUT2D eigenvalue weighted by molar-refractivity contribution is -0.163. The number of piperazine rings is 1. The van der Waals surface area contributed by atoms with Crippen LogP contribution in [0, 0.1) is 11.8 Å². The van der Waals surface area contributed by atoms with Crippen LogP contribution < -0.4 is 5.32 Å². The van der Waals surface area contributed by atoms with Crippen LogP contribution in [-0.4, -0.2) is 106 Å². The largest absolute Gasteiger partial charge is 0.477 e. The molecule has 0 saturated carbocycles. The third-order valence-electron chi connectivity index (χ3n) is 6.83. The van der Waals surface area contributed by atoms with Crippen molar-refractivity contribution in [3.05, 3.63) is 10.6 Å². The number of carbonyl (C=O) groups excluding carboxylic acids is 2. The fourth-order valence-corrected chi connectivity index (χ4v) is 6.88. The molecule has 0 bridgehead atoms. The van der Waals surface area contributed by atoms with Crippen molar-refractivity contribution in [1.82, 2.24) is 20.0 Å². The van der Waals surface area contributed by atoms with Crippen LogP contribution in [0.2, 0.25) is 0 Å². The lowest BCUT2D eigenvalue weighted by Gasteiger charge is -2.46. The summed E-state index contributed by atoms with van der Waals surface area (Å²) in [6, 6.07) is -0.501. The van der Waals surface area contributed by atoms with Crippen LogP contribution >= 0.6 is 24.2 Å². The number of nitrogens with zero attached hydrogens (tertiary/aromatic N) is 3. The molecule has 3 fully saturated rings. The van der Waals surface area contributed by atoms with E-state index in [1.54, 1.807) is 6.92 Å². The summed E-state index contributed by atoms with van der Waals surface area (Å²) < 4.78 is 0. The predicted octanol–water partition coefficient (Wildman–Crippen LogP) is -0.200. The number of nitrogens with one attached hydrogen (secondary N) is 1. The number of thioether (sulfide) groups is 1. The molecular formula is C20H31ClN4O5S. The van der Waals surface area contributed by atoms with Crippen molar-refractivity contribution in [3.63, 3.8) is 0 Å². The van der Waals surface area contributed by atoms with E-state index in [-0.39, 0.29) is 53.2 Å². The molecule has 31 heavy (non-hydrogen) atoms. The van der Waals surface area contributed by atoms with Crippen LogP contribution in [0.4, 0.5) is 0 Å². The van der Waals surface area contributed by atoms with Crippen molar-refractivity contribution in [2.45, 2.75) is 43.7 Å². The molecule has 4 rings (SSSR count). The smallest absolute Gasteiger partial charge is 0.353 e. The van der Waals surface area contributed by atoms with Gasteiger partial charge in [0.15, 0.2) is 0 Å². The van der Waals surface area contributed by atoms with Crippen LogP contribution in [0.1, 0.15) is 20.3 Å². The van der Waals surface area contributed by atoms with Crippen LogP contribution in [0.15, 0.2) is 10.6 Å². The molecular weight excluding hydrogens is 444 g/mol. The number of amides is 2. The first-order chi connectivity index (χ1) is 14.2. The first kappa shape index (κ1) is 24.3. The Morgan fingerprint density at radius 1 is 1.26 bits per heavy atom. The van der Waals surface area contributed by atoms with Gasteiger partial charge in [-0.15, -0.1) is 24.2 Å². The number of likely N-dealkylation sites (N-methyl/N-ethyl adjacent to an activating group) is 1. The van der Waals surface area contributed by atoms with Gasteiger partial charge in [0.2, 0.25) is 11.8 Å². The summed E-state index contributed by atoms with van der Waals surface area (Å²) in [5.41, 5.74) is 0.0546. The van der Waals surface area contributed by atoms with E-state index < -0.39 is 18.0 Å². The number of fused-ring (bicyclic) bond motifs is 1. The lowest BCUT2D eigenvalue weighted by atomic mass is 9.79. The van der Waals surface area contributed by atoms with Crippen molar-refractivity contribution in [2.24, 2.45) is 11.8 Å². The van der Waals surface area contributed by atoms with E-state index in [0.717, 1.165) is 13.1 Å². The zero-order valence-corrected chi connectivity index (χ0v) is 19.6. The van der Waals surface area contributed by atoms with Crippen molar-refractivity contribution >= 4 is 42.0 Å². The Morgan fingerprint density at radius 3 is 2.48 bits per heavy atom. The molecule has 0 aromatic carbocycles. The van der Waals surface area contributed by atoms with E-state index in [1.807, 2.05) is 18.9 Å². The number of aliphatic hydroxyl groups is 1. The monoisotopic (exact) mass is 474 g/mol. The molecule has 3 saturated heterocycles. The number of halogens is 1. The number of likely N-dealkylation sites (tertiary alicyclic amines) is 1. The van der Waals surface area contributed by atoms with E-state index >= 15 is 0 Å². The molecule has 0 aromatic rings. The van der Waals surface area contributed by atoms with Gasteiger partial charge in [-0.1, -0.05) is 6.92 Å². The van der Waals surface area contributed by atoms with Crippen LogP contribution in [0.3, 0.4) is 0 Å². The Bertz CT molecular complexity index is 788. The Morgan fingerprint density at radius 2 is 1.90 bits per heavy atom. The summed E-state index contributed by atoms with van der Waals surface area (Å²) in [4.78, 5) is 43.5. The van der Waals surface area contributed by atoms with Crippen LogP contribution in [0.5, 0.6) is 0 Å². The normalized spacial score (nSPS) is 34.3. The molecule has 0 spiro atoms. The van der Waals surface area contributed by atoms with Crippen molar-refractivity contribution in [2.75, 3.05) is 39.8 Å². The number of carboxylic acids is 1. The van der Waals surface area contributed by atoms with E-state index in [0.29, 0.717) is 31.0 Å². The average Bonchev–Trinajstić information content (AvgIpc) is 3.18. The summed E-state index contributed by atoms with van der Waals surface area (Å²) in [5, 5.41) is 23.1. The quantitative estimate of drug-likeness (QED) is 0.469.